The zero-order chi connectivity index (χ0) is 11.8. The molecule has 0 amide bonds. The van der Waals surface area contributed by atoms with E-state index in [-0.39, 0.29) is 0 Å². The van der Waals surface area contributed by atoms with Crippen molar-refractivity contribution in [3.63, 3.8) is 0 Å². The molecule has 2 fully saturated rings. The van der Waals surface area contributed by atoms with Crippen LogP contribution in [0.25, 0.3) is 0 Å². The maximum atomic E-state index is 6.42. The summed E-state index contributed by atoms with van der Waals surface area (Å²) >= 11 is 6.42. The summed E-state index contributed by atoms with van der Waals surface area (Å²) in [5.41, 5.74) is 2.49. The summed E-state index contributed by atoms with van der Waals surface area (Å²) in [5.74, 6) is 1.60. The molecule has 1 saturated heterocycles. The van der Waals surface area contributed by atoms with E-state index >= 15 is 0 Å². The molecule has 0 spiro atoms. The highest BCUT2D eigenvalue weighted by Crippen LogP contribution is 2.48. The lowest BCUT2D eigenvalue weighted by atomic mass is 10.0. The van der Waals surface area contributed by atoms with Gasteiger partial charge in [-0.1, -0.05) is 11.6 Å². The van der Waals surface area contributed by atoms with Crippen LogP contribution < -0.4 is 10.1 Å². The minimum absolute atomic E-state index is 0.453. The number of rotatable bonds is 3. The van der Waals surface area contributed by atoms with E-state index in [1.807, 2.05) is 0 Å². The topological polar surface area (TPSA) is 21.3 Å². The van der Waals surface area contributed by atoms with Crippen LogP contribution in [-0.4, -0.2) is 13.7 Å². The Kier molecular flexibility index (Phi) is 3.01. The van der Waals surface area contributed by atoms with Gasteiger partial charge < -0.3 is 10.1 Å². The smallest absolute Gasteiger partial charge is 0.124 e. The molecule has 0 bridgehead atoms. The molecule has 0 radical (unpaired) electrons. The van der Waals surface area contributed by atoms with Crippen molar-refractivity contribution < 1.29 is 4.74 Å². The van der Waals surface area contributed by atoms with Gasteiger partial charge in [0.2, 0.25) is 0 Å². The first-order valence-electron chi connectivity index (χ1n) is 6.40. The molecule has 1 atom stereocenters. The van der Waals surface area contributed by atoms with Crippen molar-refractivity contribution in [2.75, 3.05) is 13.7 Å². The Balaban J connectivity index is 1.98. The second kappa shape index (κ2) is 4.51. The molecule has 92 valence electrons. The van der Waals surface area contributed by atoms with E-state index in [1.165, 1.54) is 36.8 Å². The van der Waals surface area contributed by atoms with E-state index in [0.29, 0.717) is 12.0 Å². The molecule has 1 unspecified atom stereocenters. The number of methoxy groups -OCH3 is 1. The summed E-state index contributed by atoms with van der Waals surface area (Å²) in [4.78, 5) is 0. The van der Waals surface area contributed by atoms with Crippen LogP contribution in [0.1, 0.15) is 48.8 Å². The van der Waals surface area contributed by atoms with Crippen LogP contribution in [0.5, 0.6) is 5.75 Å². The first kappa shape index (κ1) is 11.4. The molecule has 2 nitrogen and oxygen atoms in total. The molecule has 1 N–H and O–H groups in total. The lowest BCUT2D eigenvalue weighted by molar-refractivity contribution is 0.408. The van der Waals surface area contributed by atoms with Crippen molar-refractivity contribution in [3.05, 3.63) is 28.3 Å². The van der Waals surface area contributed by atoms with Gasteiger partial charge in [0.15, 0.2) is 0 Å². The molecular formula is C14H18ClNO. The third kappa shape index (κ3) is 2.16. The van der Waals surface area contributed by atoms with Gasteiger partial charge in [0, 0.05) is 16.6 Å². The van der Waals surface area contributed by atoms with Gasteiger partial charge in [-0.3, -0.25) is 0 Å². The lowest BCUT2D eigenvalue weighted by Gasteiger charge is -2.16. The Labute approximate surface area is 107 Å². The second-order valence-electron chi connectivity index (χ2n) is 5.04. The highest BCUT2D eigenvalue weighted by Gasteiger charge is 2.30. The molecule has 1 aliphatic heterocycles. The maximum absolute atomic E-state index is 6.42. The van der Waals surface area contributed by atoms with Crippen molar-refractivity contribution >= 4 is 11.6 Å². The summed E-state index contributed by atoms with van der Waals surface area (Å²) < 4.78 is 5.52. The normalized spacial score (nSPS) is 24.0. The summed E-state index contributed by atoms with van der Waals surface area (Å²) in [5, 5.41) is 4.39. The molecule has 1 aromatic rings. The fourth-order valence-corrected chi connectivity index (χ4v) is 3.09. The van der Waals surface area contributed by atoms with Crippen molar-refractivity contribution in [3.8, 4) is 5.75 Å². The Morgan fingerprint density at radius 1 is 1.29 bits per heavy atom. The monoisotopic (exact) mass is 251 g/mol. The van der Waals surface area contributed by atoms with E-state index in [4.69, 9.17) is 16.3 Å². The van der Waals surface area contributed by atoms with Crippen LogP contribution in [0.3, 0.4) is 0 Å². The van der Waals surface area contributed by atoms with Crippen molar-refractivity contribution in [2.24, 2.45) is 0 Å². The first-order valence-corrected chi connectivity index (χ1v) is 6.78. The molecule has 17 heavy (non-hydrogen) atoms. The summed E-state index contributed by atoms with van der Waals surface area (Å²) in [7, 11) is 1.74. The Morgan fingerprint density at radius 2 is 2.12 bits per heavy atom. The Bertz CT molecular complexity index is 422. The summed E-state index contributed by atoms with van der Waals surface area (Å²) in [6.45, 7) is 1.11. The highest BCUT2D eigenvalue weighted by atomic mass is 35.5. The van der Waals surface area contributed by atoms with E-state index in [1.54, 1.807) is 7.11 Å². The zero-order valence-corrected chi connectivity index (χ0v) is 10.9. The molecule has 0 aromatic heterocycles. The van der Waals surface area contributed by atoms with Crippen LogP contribution in [0.2, 0.25) is 5.02 Å². The molecule has 1 saturated carbocycles. The van der Waals surface area contributed by atoms with E-state index in [9.17, 15) is 0 Å². The van der Waals surface area contributed by atoms with Crippen LogP contribution in [0.4, 0.5) is 0 Å². The number of hydrogen-bond donors (Lipinski definition) is 1. The third-order valence-corrected chi connectivity index (χ3v) is 4.09. The number of nitrogens with one attached hydrogen (secondary N) is 1. The minimum Gasteiger partial charge on any atom is -0.496 e. The van der Waals surface area contributed by atoms with Gasteiger partial charge in [-0.2, -0.15) is 0 Å². The molecule has 1 heterocycles. The Morgan fingerprint density at radius 3 is 2.71 bits per heavy atom. The minimum atomic E-state index is 0.453. The quantitative estimate of drug-likeness (QED) is 0.886. The largest absolute Gasteiger partial charge is 0.496 e. The summed E-state index contributed by atoms with van der Waals surface area (Å²) in [6, 6.07) is 4.75. The SMILES string of the molecule is COc1cc(C2CCCN2)cc(Cl)c1C1CC1. The van der Waals surface area contributed by atoms with Crippen molar-refractivity contribution in [1.82, 2.24) is 5.32 Å². The van der Waals surface area contributed by atoms with Crippen LogP contribution in [-0.2, 0) is 0 Å². The average molecular weight is 252 g/mol. The number of benzene rings is 1. The predicted molar refractivity (Wildman–Crippen MR) is 70.0 cm³/mol. The highest BCUT2D eigenvalue weighted by molar-refractivity contribution is 6.31. The molecular weight excluding hydrogens is 234 g/mol. The number of hydrogen-bond acceptors (Lipinski definition) is 2. The van der Waals surface area contributed by atoms with Gasteiger partial charge in [0.25, 0.3) is 0 Å². The molecule has 1 aliphatic carbocycles. The first-order chi connectivity index (χ1) is 8.29. The molecule has 3 rings (SSSR count). The Hall–Kier alpha value is -0.730. The van der Waals surface area contributed by atoms with E-state index < -0.39 is 0 Å². The standard InChI is InChI=1S/C14H18ClNO/c1-17-13-8-10(12-3-2-6-16-12)7-11(15)14(13)9-4-5-9/h7-9,12,16H,2-6H2,1H3. The van der Waals surface area contributed by atoms with Gasteiger partial charge in [-0.15, -0.1) is 0 Å². The van der Waals surface area contributed by atoms with E-state index in [2.05, 4.69) is 17.4 Å². The van der Waals surface area contributed by atoms with Gasteiger partial charge in [-0.05, 0) is 55.8 Å². The average Bonchev–Trinajstić information content (AvgIpc) is 3.01. The van der Waals surface area contributed by atoms with E-state index in [0.717, 1.165) is 17.3 Å². The van der Waals surface area contributed by atoms with Crippen molar-refractivity contribution in [1.29, 1.82) is 0 Å². The fourth-order valence-electron chi connectivity index (χ4n) is 2.72. The van der Waals surface area contributed by atoms with Crippen LogP contribution >= 0.6 is 11.6 Å². The van der Waals surface area contributed by atoms with Gasteiger partial charge >= 0.3 is 0 Å². The number of halogens is 1. The van der Waals surface area contributed by atoms with Crippen molar-refractivity contribution in [2.45, 2.75) is 37.6 Å². The zero-order valence-electron chi connectivity index (χ0n) is 10.1. The predicted octanol–water partition coefficient (Wildman–Crippen LogP) is 3.65. The van der Waals surface area contributed by atoms with Gasteiger partial charge in [0.1, 0.15) is 5.75 Å². The lowest BCUT2D eigenvalue weighted by Crippen LogP contribution is -2.13. The molecule has 3 heteroatoms. The van der Waals surface area contributed by atoms with Crippen LogP contribution in [0.15, 0.2) is 12.1 Å². The molecule has 1 aromatic carbocycles. The van der Waals surface area contributed by atoms with Gasteiger partial charge in [0.05, 0.1) is 7.11 Å². The fraction of sp³-hybridized carbons (Fsp3) is 0.571. The van der Waals surface area contributed by atoms with Crippen LogP contribution in [0, 0.1) is 0 Å². The summed E-state index contributed by atoms with van der Waals surface area (Å²) in [6.07, 6.45) is 4.94. The number of ether oxygens (including phenoxy) is 1. The molecule has 2 aliphatic rings. The van der Waals surface area contributed by atoms with Gasteiger partial charge in [-0.25, -0.2) is 0 Å². The third-order valence-electron chi connectivity index (χ3n) is 3.78. The maximum Gasteiger partial charge on any atom is 0.124 e. The second-order valence-corrected chi connectivity index (χ2v) is 5.45.